The summed E-state index contributed by atoms with van der Waals surface area (Å²) in [5, 5.41) is 3.59. The van der Waals surface area contributed by atoms with Crippen LogP contribution < -0.4 is 5.32 Å². The van der Waals surface area contributed by atoms with Gasteiger partial charge in [-0.1, -0.05) is 32.1 Å². The molecule has 3 saturated heterocycles. The maximum Gasteiger partial charge on any atom is 0.259 e. The largest absolute Gasteiger partial charge is 0.378 e. The maximum absolute atomic E-state index is 16.1. The molecule has 0 radical (unpaired) electrons. The molecule has 234 valence electrons. The molecule has 4 heterocycles. The lowest BCUT2D eigenvalue weighted by atomic mass is 9.65. The van der Waals surface area contributed by atoms with E-state index in [2.05, 4.69) is 22.0 Å². The first-order valence-corrected chi connectivity index (χ1v) is 17.2. The van der Waals surface area contributed by atoms with Crippen LogP contribution in [0.2, 0.25) is 0 Å². The molecule has 0 spiro atoms. The molecule has 6 fully saturated rings. The van der Waals surface area contributed by atoms with Gasteiger partial charge in [-0.3, -0.25) is 9.59 Å². The maximum atomic E-state index is 16.1. The van der Waals surface area contributed by atoms with E-state index in [-0.39, 0.29) is 41.9 Å². The fourth-order valence-corrected chi connectivity index (χ4v) is 9.66. The summed E-state index contributed by atoms with van der Waals surface area (Å²) in [6, 6.07) is 0.118. The second-order valence-corrected chi connectivity index (χ2v) is 14.3. The van der Waals surface area contributed by atoms with E-state index in [9.17, 15) is 9.59 Å². The molecule has 1 amide bonds. The molecule has 8 nitrogen and oxygen atoms in total. The highest BCUT2D eigenvalue weighted by Crippen LogP contribution is 2.50. The lowest BCUT2D eigenvalue weighted by molar-refractivity contribution is -0.208. The number of halogens is 1. The Hall–Kier alpha value is -1.55. The van der Waals surface area contributed by atoms with Gasteiger partial charge in [0.1, 0.15) is 6.17 Å². The van der Waals surface area contributed by atoms with Crippen LogP contribution in [0.3, 0.4) is 0 Å². The summed E-state index contributed by atoms with van der Waals surface area (Å²) in [5.74, 6) is 0.389. The Bertz CT molecular complexity index is 1040. The number of ether oxygens (including phenoxy) is 2. The molecular formula is C33H51FN4O4. The van der Waals surface area contributed by atoms with Crippen molar-refractivity contribution in [3.8, 4) is 0 Å². The van der Waals surface area contributed by atoms with E-state index >= 15 is 4.39 Å². The molecule has 9 heteroatoms. The Morgan fingerprint density at radius 2 is 1.79 bits per heavy atom. The third-order valence-corrected chi connectivity index (χ3v) is 12.0. The first kappa shape index (κ1) is 29.2. The first-order valence-electron chi connectivity index (χ1n) is 17.2. The molecule has 42 heavy (non-hydrogen) atoms. The van der Waals surface area contributed by atoms with Crippen molar-refractivity contribution in [1.82, 2.24) is 20.0 Å². The average Bonchev–Trinajstić information content (AvgIpc) is 3.01. The van der Waals surface area contributed by atoms with Gasteiger partial charge in [0, 0.05) is 31.2 Å². The summed E-state index contributed by atoms with van der Waals surface area (Å²) in [6.07, 6.45) is 12.4. The van der Waals surface area contributed by atoms with Crippen molar-refractivity contribution in [2.24, 2.45) is 17.8 Å². The van der Waals surface area contributed by atoms with Crippen LogP contribution in [-0.2, 0) is 19.1 Å². The SMILES string of the molecule is CC1CCCCN1CCCNC1C(F)CC2C(=O)C(C(=O)N3CCOCC3)=CN3C4CC5CCCCC5CC4OC1C23. The summed E-state index contributed by atoms with van der Waals surface area (Å²) in [5.41, 5.74) is 0.248. The van der Waals surface area contributed by atoms with Crippen LogP contribution in [0.25, 0.3) is 0 Å². The minimum absolute atomic E-state index is 0.0132. The van der Waals surface area contributed by atoms with Gasteiger partial charge < -0.3 is 29.5 Å². The molecule has 7 rings (SSSR count). The zero-order valence-corrected chi connectivity index (χ0v) is 25.4. The lowest BCUT2D eigenvalue weighted by Crippen LogP contribution is -2.73. The van der Waals surface area contributed by atoms with Crippen LogP contribution in [-0.4, -0.2) is 115 Å². The Labute approximate surface area is 250 Å². The molecule has 4 aliphatic heterocycles. The Morgan fingerprint density at radius 1 is 1.02 bits per heavy atom. The van der Waals surface area contributed by atoms with Gasteiger partial charge in [0.15, 0.2) is 5.78 Å². The van der Waals surface area contributed by atoms with Gasteiger partial charge >= 0.3 is 0 Å². The number of morpholine rings is 2. The zero-order chi connectivity index (χ0) is 28.8. The standard InChI is InChI=1S/C33H51FN4O4/c1-21-7-4-5-11-36(21)12-6-10-35-29-26(34)19-24-30-32(29)42-28-18-23-9-3-2-8-22(23)17-27(28)38(30)20-25(31(24)39)33(40)37-13-15-41-16-14-37/h20-24,26-30,32,35H,2-19H2,1H3. The third-order valence-electron chi connectivity index (χ3n) is 12.0. The molecule has 10 unspecified atom stereocenters. The molecule has 0 bridgehead atoms. The van der Waals surface area contributed by atoms with Gasteiger partial charge in [-0.2, -0.15) is 0 Å². The summed E-state index contributed by atoms with van der Waals surface area (Å²) in [6.45, 7) is 7.22. The number of rotatable bonds is 6. The number of amides is 1. The fourth-order valence-electron chi connectivity index (χ4n) is 9.66. The molecule has 3 saturated carbocycles. The molecule has 0 aromatic carbocycles. The van der Waals surface area contributed by atoms with E-state index in [1.165, 1.54) is 44.9 Å². The predicted octanol–water partition coefficient (Wildman–Crippen LogP) is 3.30. The van der Waals surface area contributed by atoms with Crippen molar-refractivity contribution >= 4 is 11.7 Å². The van der Waals surface area contributed by atoms with Gasteiger partial charge in [-0.15, -0.1) is 0 Å². The fraction of sp³-hybridized carbons (Fsp3) is 0.879. The smallest absolute Gasteiger partial charge is 0.259 e. The first-order chi connectivity index (χ1) is 20.5. The predicted molar refractivity (Wildman–Crippen MR) is 158 cm³/mol. The number of piperidine rings is 1. The summed E-state index contributed by atoms with van der Waals surface area (Å²) < 4.78 is 28.5. The molecule has 10 atom stereocenters. The van der Waals surface area contributed by atoms with Crippen molar-refractivity contribution in [2.45, 2.75) is 120 Å². The number of carbonyl (C=O) groups is 2. The van der Waals surface area contributed by atoms with Gasteiger partial charge in [0.05, 0.1) is 49.1 Å². The number of hydrogen-bond acceptors (Lipinski definition) is 7. The molecular weight excluding hydrogens is 535 g/mol. The summed E-state index contributed by atoms with van der Waals surface area (Å²) in [7, 11) is 0. The number of fused-ring (bicyclic) bond motifs is 3. The Balaban J connectivity index is 1.13. The number of carbonyl (C=O) groups excluding carboxylic acids is 2. The molecule has 0 aromatic heterocycles. The van der Waals surface area contributed by atoms with E-state index in [4.69, 9.17) is 9.47 Å². The van der Waals surface area contributed by atoms with Crippen LogP contribution in [0.4, 0.5) is 4.39 Å². The number of hydrogen-bond donors (Lipinski definition) is 1. The highest BCUT2D eigenvalue weighted by atomic mass is 19.1. The number of nitrogens with zero attached hydrogens (tertiary/aromatic N) is 3. The van der Waals surface area contributed by atoms with Crippen LogP contribution in [0.15, 0.2) is 11.8 Å². The topological polar surface area (TPSA) is 74.4 Å². The number of Topliss-reactive ketones (excluding diaryl/α,β-unsaturated/α-hetero) is 1. The quantitative estimate of drug-likeness (QED) is 0.378. The van der Waals surface area contributed by atoms with Crippen molar-refractivity contribution in [3.05, 3.63) is 11.8 Å². The molecule has 3 aliphatic carbocycles. The monoisotopic (exact) mass is 586 g/mol. The summed E-state index contributed by atoms with van der Waals surface area (Å²) >= 11 is 0. The van der Waals surface area contributed by atoms with E-state index in [1.807, 2.05) is 6.20 Å². The van der Waals surface area contributed by atoms with Crippen LogP contribution in [0.1, 0.15) is 77.6 Å². The Kier molecular flexibility index (Phi) is 8.65. The number of nitrogens with one attached hydrogen (secondary N) is 1. The van der Waals surface area contributed by atoms with Crippen LogP contribution in [0, 0.1) is 17.8 Å². The van der Waals surface area contributed by atoms with Gasteiger partial charge in [0.25, 0.3) is 5.91 Å². The minimum atomic E-state index is -1.18. The zero-order valence-electron chi connectivity index (χ0n) is 25.4. The normalized spacial score (nSPS) is 42.3. The van der Waals surface area contributed by atoms with Crippen molar-refractivity contribution in [2.75, 3.05) is 45.9 Å². The van der Waals surface area contributed by atoms with E-state index in [0.29, 0.717) is 44.2 Å². The second-order valence-electron chi connectivity index (χ2n) is 14.3. The lowest BCUT2D eigenvalue weighted by Gasteiger charge is -2.61. The van der Waals surface area contributed by atoms with Crippen LogP contribution in [0.5, 0.6) is 0 Å². The van der Waals surface area contributed by atoms with Crippen molar-refractivity contribution in [1.29, 1.82) is 0 Å². The number of likely N-dealkylation sites (tertiary alicyclic amines) is 1. The number of ketones is 1. The van der Waals surface area contributed by atoms with Gasteiger partial charge in [0.2, 0.25) is 0 Å². The van der Waals surface area contributed by atoms with Gasteiger partial charge in [-0.05, 0) is 76.9 Å². The van der Waals surface area contributed by atoms with E-state index in [0.717, 1.165) is 38.9 Å². The van der Waals surface area contributed by atoms with Gasteiger partial charge in [-0.25, -0.2) is 4.39 Å². The highest BCUT2D eigenvalue weighted by Gasteiger charge is 2.59. The molecule has 7 aliphatic rings. The second kappa shape index (κ2) is 12.4. The van der Waals surface area contributed by atoms with Crippen molar-refractivity contribution in [3.63, 3.8) is 0 Å². The Morgan fingerprint density at radius 3 is 2.57 bits per heavy atom. The summed E-state index contributed by atoms with van der Waals surface area (Å²) in [4.78, 5) is 34.3. The highest BCUT2D eigenvalue weighted by molar-refractivity contribution is 6.20. The molecule has 1 N–H and O–H groups in total. The van der Waals surface area contributed by atoms with Crippen molar-refractivity contribution < 1.29 is 23.5 Å². The number of alkyl halides is 1. The van der Waals surface area contributed by atoms with E-state index in [1.54, 1.807) is 4.90 Å². The minimum Gasteiger partial charge on any atom is -0.378 e. The molecule has 0 aromatic rings. The average molecular weight is 587 g/mol. The third kappa shape index (κ3) is 5.45. The van der Waals surface area contributed by atoms with Crippen LogP contribution >= 0.6 is 0 Å². The van der Waals surface area contributed by atoms with E-state index < -0.39 is 24.2 Å².